The van der Waals surface area contributed by atoms with Crippen molar-refractivity contribution in [3.05, 3.63) is 35.4 Å². The van der Waals surface area contributed by atoms with Crippen molar-refractivity contribution in [1.82, 2.24) is 0 Å². The number of hydrogen-bond donors (Lipinski definition) is 1. The van der Waals surface area contributed by atoms with Crippen molar-refractivity contribution in [2.24, 2.45) is 0 Å². The van der Waals surface area contributed by atoms with E-state index in [9.17, 15) is 13.9 Å². The van der Waals surface area contributed by atoms with Crippen LogP contribution in [-0.2, 0) is 15.9 Å². The van der Waals surface area contributed by atoms with Gasteiger partial charge in [-0.05, 0) is 11.6 Å². The molecule has 1 aliphatic rings. The lowest BCUT2D eigenvalue weighted by Gasteiger charge is -2.15. The third kappa shape index (κ3) is 3.21. The van der Waals surface area contributed by atoms with Crippen LogP contribution in [0.2, 0.25) is 0 Å². The molecule has 3 nitrogen and oxygen atoms in total. The van der Waals surface area contributed by atoms with Crippen LogP contribution in [-0.4, -0.2) is 30.7 Å². The van der Waals surface area contributed by atoms with Gasteiger partial charge in [0.05, 0.1) is 19.3 Å². The van der Waals surface area contributed by atoms with Gasteiger partial charge in [0.15, 0.2) is 17.9 Å². The zero-order chi connectivity index (χ0) is 12.3. The molecular weight excluding hydrogens is 230 g/mol. The standard InChI is InChI=1S/C12H14F2O3/c13-10-3-1-2-8(12(10)14)6-9(15)7-11-16-4-5-17-11/h1-3,9,11,15H,4-7H2. The number of aliphatic hydroxyl groups is 1. The van der Waals surface area contributed by atoms with Crippen molar-refractivity contribution in [2.75, 3.05) is 13.2 Å². The highest BCUT2D eigenvalue weighted by Gasteiger charge is 2.21. The van der Waals surface area contributed by atoms with Gasteiger partial charge >= 0.3 is 0 Å². The minimum atomic E-state index is -0.903. The SMILES string of the molecule is OC(Cc1cccc(F)c1F)CC1OCCO1. The summed E-state index contributed by atoms with van der Waals surface area (Å²) in [4.78, 5) is 0. The summed E-state index contributed by atoms with van der Waals surface area (Å²) in [5, 5.41) is 9.73. The number of ether oxygens (including phenoxy) is 2. The van der Waals surface area contributed by atoms with Crippen LogP contribution < -0.4 is 0 Å². The van der Waals surface area contributed by atoms with E-state index in [0.29, 0.717) is 13.2 Å². The van der Waals surface area contributed by atoms with Crippen LogP contribution in [0, 0.1) is 11.6 Å². The highest BCUT2D eigenvalue weighted by atomic mass is 19.2. The summed E-state index contributed by atoms with van der Waals surface area (Å²) in [5.74, 6) is -1.80. The topological polar surface area (TPSA) is 38.7 Å². The van der Waals surface area contributed by atoms with E-state index in [4.69, 9.17) is 9.47 Å². The molecule has 0 saturated carbocycles. The molecule has 94 valence electrons. The highest BCUT2D eigenvalue weighted by molar-refractivity contribution is 5.19. The third-order valence-electron chi connectivity index (χ3n) is 2.64. The molecule has 0 radical (unpaired) electrons. The van der Waals surface area contributed by atoms with Crippen molar-refractivity contribution in [3.63, 3.8) is 0 Å². The predicted molar refractivity (Wildman–Crippen MR) is 56.4 cm³/mol. The number of aliphatic hydroxyl groups excluding tert-OH is 1. The van der Waals surface area contributed by atoms with Crippen molar-refractivity contribution < 1.29 is 23.4 Å². The van der Waals surface area contributed by atoms with Gasteiger partial charge in [0.1, 0.15) is 0 Å². The fourth-order valence-electron chi connectivity index (χ4n) is 1.81. The molecule has 1 aromatic carbocycles. The van der Waals surface area contributed by atoms with Gasteiger partial charge in [0, 0.05) is 12.8 Å². The molecule has 0 amide bonds. The smallest absolute Gasteiger partial charge is 0.162 e. The minimum absolute atomic E-state index is 0.0484. The van der Waals surface area contributed by atoms with Crippen molar-refractivity contribution in [1.29, 1.82) is 0 Å². The second-order valence-corrected chi connectivity index (χ2v) is 3.98. The van der Waals surface area contributed by atoms with Gasteiger partial charge in [-0.1, -0.05) is 12.1 Å². The maximum atomic E-state index is 13.3. The van der Waals surface area contributed by atoms with Gasteiger partial charge in [-0.2, -0.15) is 0 Å². The molecule has 1 fully saturated rings. The molecule has 0 aromatic heterocycles. The molecule has 0 bridgehead atoms. The molecule has 1 unspecified atom stereocenters. The Balaban J connectivity index is 1.93. The fraction of sp³-hybridized carbons (Fsp3) is 0.500. The van der Waals surface area contributed by atoms with E-state index >= 15 is 0 Å². The predicted octanol–water partition coefficient (Wildman–Crippen LogP) is 1.63. The van der Waals surface area contributed by atoms with Crippen molar-refractivity contribution >= 4 is 0 Å². The summed E-state index contributed by atoms with van der Waals surface area (Å²) < 4.78 is 36.6. The van der Waals surface area contributed by atoms with Gasteiger partial charge in [-0.25, -0.2) is 8.78 Å². The van der Waals surface area contributed by atoms with E-state index in [0.717, 1.165) is 6.07 Å². The second-order valence-electron chi connectivity index (χ2n) is 3.98. The molecule has 1 aromatic rings. The Kier molecular flexibility index (Phi) is 4.04. The van der Waals surface area contributed by atoms with Gasteiger partial charge in [-0.3, -0.25) is 0 Å². The summed E-state index contributed by atoms with van der Waals surface area (Å²) in [6.07, 6.45) is -0.945. The number of rotatable bonds is 4. The van der Waals surface area contributed by atoms with E-state index in [-0.39, 0.29) is 18.4 Å². The Morgan fingerprint density at radius 1 is 1.29 bits per heavy atom. The summed E-state index contributed by atoms with van der Waals surface area (Å²) in [7, 11) is 0. The average Bonchev–Trinajstić information content (AvgIpc) is 2.77. The van der Waals surface area contributed by atoms with Crippen LogP contribution >= 0.6 is 0 Å². The van der Waals surface area contributed by atoms with Crippen LogP contribution in [0.4, 0.5) is 8.78 Å². The Morgan fingerprint density at radius 3 is 2.71 bits per heavy atom. The first-order valence-electron chi connectivity index (χ1n) is 5.51. The van der Waals surface area contributed by atoms with Crippen LogP contribution in [0.3, 0.4) is 0 Å². The molecule has 1 aliphatic heterocycles. The Bertz CT molecular complexity index is 378. The monoisotopic (exact) mass is 244 g/mol. The molecule has 2 rings (SSSR count). The first-order chi connectivity index (χ1) is 8.16. The Morgan fingerprint density at radius 2 is 2.00 bits per heavy atom. The minimum Gasteiger partial charge on any atom is -0.393 e. The summed E-state index contributed by atoms with van der Waals surface area (Å²) >= 11 is 0. The molecule has 1 heterocycles. The van der Waals surface area contributed by atoms with Crippen LogP contribution in [0.15, 0.2) is 18.2 Å². The highest BCUT2D eigenvalue weighted by Crippen LogP contribution is 2.17. The largest absolute Gasteiger partial charge is 0.393 e. The molecular formula is C12H14F2O3. The van der Waals surface area contributed by atoms with E-state index in [1.165, 1.54) is 12.1 Å². The summed E-state index contributed by atoms with van der Waals surface area (Å²) in [5.41, 5.74) is 0.162. The second kappa shape index (κ2) is 5.53. The normalized spacial score (nSPS) is 18.5. The summed E-state index contributed by atoms with van der Waals surface area (Å²) in [6.45, 7) is 1.01. The van der Waals surface area contributed by atoms with Gasteiger partial charge in [0.25, 0.3) is 0 Å². The third-order valence-corrected chi connectivity index (χ3v) is 2.64. The van der Waals surface area contributed by atoms with E-state index in [1.54, 1.807) is 0 Å². The van der Waals surface area contributed by atoms with Crippen LogP contribution in [0.1, 0.15) is 12.0 Å². The van der Waals surface area contributed by atoms with Gasteiger partial charge < -0.3 is 14.6 Å². The lowest BCUT2D eigenvalue weighted by atomic mass is 10.0. The lowest BCUT2D eigenvalue weighted by Crippen LogP contribution is -2.21. The number of benzene rings is 1. The quantitative estimate of drug-likeness (QED) is 0.875. The van der Waals surface area contributed by atoms with Crippen molar-refractivity contribution in [2.45, 2.75) is 25.2 Å². The molecule has 17 heavy (non-hydrogen) atoms. The molecule has 0 aliphatic carbocycles. The summed E-state index contributed by atoms with van der Waals surface area (Å²) in [6, 6.07) is 3.93. The lowest BCUT2D eigenvalue weighted by molar-refractivity contribution is -0.0699. The number of hydrogen-bond acceptors (Lipinski definition) is 3. The zero-order valence-corrected chi connectivity index (χ0v) is 9.23. The average molecular weight is 244 g/mol. The van der Waals surface area contributed by atoms with E-state index < -0.39 is 24.0 Å². The molecule has 1 N–H and O–H groups in total. The van der Waals surface area contributed by atoms with Crippen LogP contribution in [0.5, 0.6) is 0 Å². The Hall–Kier alpha value is -1.04. The van der Waals surface area contributed by atoms with Gasteiger partial charge in [-0.15, -0.1) is 0 Å². The molecule has 1 saturated heterocycles. The fourth-order valence-corrected chi connectivity index (χ4v) is 1.81. The van der Waals surface area contributed by atoms with Crippen molar-refractivity contribution in [3.8, 4) is 0 Å². The first kappa shape index (κ1) is 12.4. The number of halogens is 2. The van der Waals surface area contributed by atoms with Gasteiger partial charge in [0.2, 0.25) is 0 Å². The maximum Gasteiger partial charge on any atom is 0.162 e. The van der Waals surface area contributed by atoms with Crippen LogP contribution in [0.25, 0.3) is 0 Å². The maximum absolute atomic E-state index is 13.3. The zero-order valence-electron chi connectivity index (χ0n) is 9.23. The Labute approximate surface area is 98.0 Å². The van der Waals surface area contributed by atoms with E-state index in [2.05, 4.69) is 0 Å². The van der Waals surface area contributed by atoms with E-state index in [1.807, 2.05) is 0 Å². The molecule has 1 atom stereocenters. The first-order valence-corrected chi connectivity index (χ1v) is 5.51. The molecule has 0 spiro atoms. The molecule has 5 heteroatoms.